The standard InChI is InChI=1S/C17H24N4OS/c1-3-6-12-9-15(22)21-16(18-12)23-17(19-21)20-10-11(2)13-7-4-5-8-14(13)20/h9,11,13-14H,3-8,10H2,1-2H3. The summed E-state index contributed by atoms with van der Waals surface area (Å²) >= 11 is 1.57. The first-order chi connectivity index (χ1) is 11.2. The Labute approximate surface area is 140 Å². The third-order valence-electron chi connectivity index (χ3n) is 5.44. The molecule has 2 fully saturated rings. The van der Waals surface area contributed by atoms with Gasteiger partial charge >= 0.3 is 0 Å². The molecular weight excluding hydrogens is 308 g/mol. The van der Waals surface area contributed by atoms with Crippen molar-refractivity contribution in [2.24, 2.45) is 11.8 Å². The van der Waals surface area contributed by atoms with Gasteiger partial charge in [-0.2, -0.15) is 4.52 Å². The molecule has 6 heteroatoms. The molecule has 4 rings (SSSR count). The largest absolute Gasteiger partial charge is 0.343 e. The molecule has 0 amide bonds. The van der Waals surface area contributed by atoms with E-state index in [-0.39, 0.29) is 5.56 Å². The van der Waals surface area contributed by atoms with Gasteiger partial charge in [0, 0.05) is 24.3 Å². The molecule has 1 aliphatic heterocycles. The van der Waals surface area contributed by atoms with Gasteiger partial charge in [-0.15, -0.1) is 5.10 Å². The van der Waals surface area contributed by atoms with Gasteiger partial charge in [0.15, 0.2) is 0 Å². The molecule has 0 N–H and O–H groups in total. The maximum absolute atomic E-state index is 12.3. The van der Waals surface area contributed by atoms with E-state index in [9.17, 15) is 4.79 Å². The fraction of sp³-hybridized carbons (Fsp3) is 0.706. The van der Waals surface area contributed by atoms with E-state index in [0.717, 1.165) is 41.1 Å². The van der Waals surface area contributed by atoms with Crippen molar-refractivity contribution in [2.75, 3.05) is 11.4 Å². The van der Waals surface area contributed by atoms with E-state index in [0.29, 0.717) is 12.0 Å². The second kappa shape index (κ2) is 5.89. The summed E-state index contributed by atoms with van der Waals surface area (Å²) in [6, 6.07) is 2.24. The molecular formula is C17H24N4OS. The predicted octanol–water partition coefficient (Wildman–Crippen LogP) is 3.12. The number of nitrogens with zero attached hydrogens (tertiary/aromatic N) is 4. The second-order valence-electron chi connectivity index (χ2n) is 7.06. The Morgan fingerprint density at radius 2 is 2.17 bits per heavy atom. The van der Waals surface area contributed by atoms with E-state index < -0.39 is 0 Å². The van der Waals surface area contributed by atoms with E-state index in [4.69, 9.17) is 0 Å². The first-order valence-corrected chi connectivity index (χ1v) is 9.65. The van der Waals surface area contributed by atoms with Crippen LogP contribution in [0.5, 0.6) is 0 Å². The highest BCUT2D eigenvalue weighted by molar-refractivity contribution is 7.20. The normalized spacial score (nSPS) is 27.6. The maximum atomic E-state index is 12.3. The molecule has 2 aromatic rings. The summed E-state index contributed by atoms with van der Waals surface area (Å²) in [6.07, 6.45) is 7.13. The Bertz CT molecular complexity index is 768. The molecule has 3 unspecified atom stereocenters. The first-order valence-electron chi connectivity index (χ1n) is 8.84. The van der Waals surface area contributed by atoms with Gasteiger partial charge in [-0.3, -0.25) is 4.79 Å². The Morgan fingerprint density at radius 1 is 1.35 bits per heavy atom. The zero-order valence-electron chi connectivity index (χ0n) is 13.9. The molecule has 0 aromatic carbocycles. The lowest BCUT2D eigenvalue weighted by Crippen LogP contribution is -2.34. The molecule has 5 nitrogen and oxygen atoms in total. The summed E-state index contributed by atoms with van der Waals surface area (Å²) in [6.45, 7) is 5.53. The van der Waals surface area contributed by atoms with Crippen LogP contribution in [0.2, 0.25) is 0 Å². The topological polar surface area (TPSA) is 50.5 Å². The minimum Gasteiger partial charge on any atom is -0.343 e. The summed E-state index contributed by atoms with van der Waals surface area (Å²) in [4.78, 5) is 20.1. The molecule has 3 heterocycles. The smallest absolute Gasteiger partial charge is 0.275 e. The summed E-state index contributed by atoms with van der Waals surface area (Å²) in [5.74, 6) is 1.50. The second-order valence-corrected chi connectivity index (χ2v) is 7.99. The van der Waals surface area contributed by atoms with Crippen LogP contribution in [0.4, 0.5) is 5.13 Å². The van der Waals surface area contributed by atoms with Crippen molar-refractivity contribution in [3.05, 3.63) is 22.1 Å². The Kier molecular flexibility index (Phi) is 3.87. The Balaban J connectivity index is 1.72. The average molecular weight is 332 g/mol. The van der Waals surface area contributed by atoms with Gasteiger partial charge < -0.3 is 4.90 Å². The number of hydrogen-bond acceptors (Lipinski definition) is 5. The third-order valence-corrected chi connectivity index (χ3v) is 6.38. The predicted molar refractivity (Wildman–Crippen MR) is 93.4 cm³/mol. The van der Waals surface area contributed by atoms with Gasteiger partial charge in [0.25, 0.3) is 5.56 Å². The monoisotopic (exact) mass is 332 g/mol. The van der Waals surface area contributed by atoms with Crippen molar-refractivity contribution >= 4 is 21.4 Å². The third kappa shape index (κ3) is 2.57. The lowest BCUT2D eigenvalue weighted by atomic mass is 9.80. The summed E-state index contributed by atoms with van der Waals surface area (Å²) in [7, 11) is 0. The fourth-order valence-electron chi connectivity index (χ4n) is 4.34. The quantitative estimate of drug-likeness (QED) is 0.866. The van der Waals surface area contributed by atoms with Crippen LogP contribution in [0.3, 0.4) is 0 Å². The summed E-state index contributed by atoms with van der Waals surface area (Å²) in [5.41, 5.74) is 0.839. The van der Waals surface area contributed by atoms with Gasteiger partial charge in [0.2, 0.25) is 10.1 Å². The molecule has 0 spiro atoms. The number of fused-ring (bicyclic) bond motifs is 2. The van der Waals surface area contributed by atoms with Crippen LogP contribution in [-0.4, -0.2) is 27.2 Å². The molecule has 23 heavy (non-hydrogen) atoms. The van der Waals surface area contributed by atoms with E-state index in [1.807, 2.05) is 0 Å². The molecule has 0 radical (unpaired) electrons. The van der Waals surface area contributed by atoms with Crippen LogP contribution in [0.25, 0.3) is 4.96 Å². The van der Waals surface area contributed by atoms with Crippen molar-refractivity contribution in [3.8, 4) is 0 Å². The minimum atomic E-state index is -0.0478. The summed E-state index contributed by atoms with van der Waals surface area (Å²) < 4.78 is 1.49. The number of rotatable bonds is 3. The Morgan fingerprint density at radius 3 is 3.00 bits per heavy atom. The van der Waals surface area contributed by atoms with Crippen molar-refractivity contribution in [3.63, 3.8) is 0 Å². The number of hydrogen-bond donors (Lipinski definition) is 0. The minimum absolute atomic E-state index is 0.0478. The highest BCUT2D eigenvalue weighted by atomic mass is 32.1. The van der Waals surface area contributed by atoms with Gasteiger partial charge in [-0.1, -0.05) is 44.4 Å². The van der Waals surface area contributed by atoms with Gasteiger partial charge in [0.05, 0.1) is 0 Å². The van der Waals surface area contributed by atoms with Crippen LogP contribution in [0.15, 0.2) is 10.9 Å². The highest BCUT2D eigenvalue weighted by Gasteiger charge is 2.41. The van der Waals surface area contributed by atoms with Crippen molar-refractivity contribution in [1.82, 2.24) is 14.6 Å². The number of aromatic nitrogens is 3. The highest BCUT2D eigenvalue weighted by Crippen LogP contribution is 2.42. The van der Waals surface area contributed by atoms with Gasteiger partial charge in [-0.05, 0) is 31.1 Å². The molecule has 0 bridgehead atoms. The number of aryl methyl sites for hydroxylation is 1. The van der Waals surface area contributed by atoms with E-state index in [1.54, 1.807) is 17.4 Å². The van der Waals surface area contributed by atoms with E-state index in [2.05, 4.69) is 28.8 Å². The van der Waals surface area contributed by atoms with Crippen molar-refractivity contribution in [2.45, 2.75) is 58.4 Å². The SMILES string of the molecule is CCCc1cc(=O)n2nc(N3CC(C)C4CCCCC43)sc2n1. The van der Waals surface area contributed by atoms with Gasteiger partial charge in [-0.25, -0.2) is 4.98 Å². The zero-order chi connectivity index (χ0) is 16.0. The van der Waals surface area contributed by atoms with Crippen LogP contribution < -0.4 is 10.5 Å². The fourth-order valence-corrected chi connectivity index (χ4v) is 5.33. The average Bonchev–Trinajstić information content (AvgIpc) is 3.10. The maximum Gasteiger partial charge on any atom is 0.275 e. The van der Waals surface area contributed by atoms with Crippen LogP contribution in [0.1, 0.15) is 51.6 Å². The summed E-state index contributed by atoms with van der Waals surface area (Å²) in [5, 5.41) is 5.58. The first kappa shape index (κ1) is 15.1. The molecule has 1 saturated heterocycles. The molecule has 1 saturated carbocycles. The molecule has 2 aromatic heterocycles. The lowest BCUT2D eigenvalue weighted by molar-refractivity contribution is 0.293. The van der Waals surface area contributed by atoms with Crippen LogP contribution in [0, 0.1) is 11.8 Å². The van der Waals surface area contributed by atoms with Crippen LogP contribution >= 0.6 is 11.3 Å². The molecule has 124 valence electrons. The lowest BCUT2D eigenvalue weighted by Gasteiger charge is -2.31. The Hall–Kier alpha value is -1.43. The van der Waals surface area contributed by atoms with Crippen molar-refractivity contribution < 1.29 is 0 Å². The number of anilines is 1. The molecule has 1 aliphatic carbocycles. The van der Waals surface area contributed by atoms with Gasteiger partial charge in [0.1, 0.15) is 0 Å². The van der Waals surface area contributed by atoms with E-state index in [1.165, 1.54) is 30.2 Å². The molecule has 3 atom stereocenters. The van der Waals surface area contributed by atoms with Crippen molar-refractivity contribution in [1.29, 1.82) is 0 Å². The zero-order valence-corrected chi connectivity index (χ0v) is 14.7. The van der Waals surface area contributed by atoms with E-state index >= 15 is 0 Å². The molecule has 2 aliphatic rings. The van der Waals surface area contributed by atoms with Crippen LogP contribution in [-0.2, 0) is 6.42 Å².